The Bertz CT molecular complexity index is 789. The number of aromatic nitrogens is 2. The van der Waals surface area contributed by atoms with Crippen LogP contribution in [0.2, 0.25) is 5.02 Å². The van der Waals surface area contributed by atoms with E-state index in [0.29, 0.717) is 0 Å². The van der Waals surface area contributed by atoms with Crippen LogP contribution in [0.3, 0.4) is 0 Å². The number of hydrogen-bond donors (Lipinski definition) is 0. The number of carbonyl (C=O) groups is 1. The smallest absolute Gasteiger partial charge is 0.322 e. The molecule has 0 bridgehead atoms. The fourth-order valence-corrected chi connectivity index (χ4v) is 4.32. The average Bonchev–Trinajstić information content (AvgIpc) is 3.31. The molecule has 1 spiro atoms. The van der Waals surface area contributed by atoms with Crippen LogP contribution in [0.5, 0.6) is 0 Å². The monoisotopic (exact) mass is 358 g/mol. The van der Waals surface area contributed by atoms with Crippen LogP contribution in [0.4, 0.5) is 4.79 Å². The third-order valence-electron chi connectivity index (χ3n) is 5.49. The second kappa shape index (κ2) is 6.46. The van der Waals surface area contributed by atoms with Gasteiger partial charge in [0, 0.05) is 42.8 Å². The molecular formula is C19H23ClN4O. The lowest BCUT2D eigenvalue weighted by Crippen LogP contribution is -2.36. The molecule has 6 heteroatoms. The van der Waals surface area contributed by atoms with Gasteiger partial charge in [-0.2, -0.15) is 9.78 Å². The number of amides is 1. The van der Waals surface area contributed by atoms with Gasteiger partial charge in [-0.1, -0.05) is 29.8 Å². The van der Waals surface area contributed by atoms with Crippen molar-refractivity contribution >= 4 is 17.6 Å². The van der Waals surface area contributed by atoms with E-state index in [4.69, 9.17) is 11.6 Å². The van der Waals surface area contributed by atoms with Gasteiger partial charge in [-0.15, -0.1) is 0 Å². The predicted molar refractivity (Wildman–Crippen MR) is 97.7 cm³/mol. The van der Waals surface area contributed by atoms with Crippen LogP contribution in [0.1, 0.15) is 24.0 Å². The molecule has 2 saturated heterocycles. The minimum absolute atomic E-state index is 0.00507. The highest BCUT2D eigenvalue weighted by Gasteiger charge is 2.45. The molecule has 1 amide bonds. The second-order valence-electron chi connectivity index (χ2n) is 7.47. The lowest BCUT2D eigenvalue weighted by atomic mass is 9.86. The van der Waals surface area contributed by atoms with Crippen LogP contribution in [-0.2, 0) is 6.54 Å². The van der Waals surface area contributed by atoms with Gasteiger partial charge in [0.05, 0.1) is 6.20 Å². The number of likely N-dealkylation sites (tertiary alicyclic amines) is 2. The third-order valence-corrected chi connectivity index (χ3v) is 5.85. The third kappa shape index (κ3) is 3.31. The lowest BCUT2D eigenvalue weighted by Gasteiger charge is -2.25. The standard InChI is InChI=1S/C19H23ClN4O/c1-15-10-21-24(11-15)18(25)23-9-7-19(14-23)6-8-22(13-19)12-16-4-2-3-5-17(16)20/h2-5,10-11H,6-9,12-14H2,1H3. The van der Waals surface area contributed by atoms with E-state index in [9.17, 15) is 4.79 Å². The van der Waals surface area contributed by atoms with Gasteiger partial charge in [0.2, 0.25) is 0 Å². The maximum atomic E-state index is 12.6. The fraction of sp³-hybridized carbons (Fsp3) is 0.474. The van der Waals surface area contributed by atoms with Gasteiger partial charge in [0.25, 0.3) is 0 Å². The zero-order valence-electron chi connectivity index (χ0n) is 14.5. The molecule has 1 atom stereocenters. The van der Waals surface area contributed by atoms with E-state index < -0.39 is 0 Å². The van der Waals surface area contributed by atoms with Gasteiger partial charge >= 0.3 is 6.03 Å². The molecular weight excluding hydrogens is 336 g/mol. The molecule has 1 aromatic heterocycles. The summed E-state index contributed by atoms with van der Waals surface area (Å²) in [4.78, 5) is 17.0. The van der Waals surface area contributed by atoms with Crippen molar-refractivity contribution in [3.8, 4) is 0 Å². The molecule has 2 aromatic rings. The second-order valence-corrected chi connectivity index (χ2v) is 7.88. The van der Waals surface area contributed by atoms with Gasteiger partial charge in [-0.05, 0) is 43.5 Å². The fourth-order valence-electron chi connectivity index (χ4n) is 4.12. The highest BCUT2D eigenvalue weighted by atomic mass is 35.5. The van der Waals surface area contributed by atoms with Crippen molar-refractivity contribution in [3.05, 3.63) is 52.8 Å². The molecule has 0 radical (unpaired) electrons. The summed E-state index contributed by atoms with van der Waals surface area (Å²) in [6.07, 6.45) is 5.73. The van der Waals surface area contributed by atoms with Crippen molar-refractivity contribution in [2.24, 2.45) is 5.41 Å². The summed E-state index contributed by atoms with van der Waals surface area (Å²) in [7, 11) is 0. The molecule has 0 N–H and O–H groups in total. The first-order chi connectivity index (χ1) is 12.0. The molecule has 2 aliphatic rings. The van der Waals surface area contributed by atoms with Crippen LogP contribution >= 0.6 is 11.6 Å². The lowest BCUT2D eigenvalue weighted by molar-refractivity contribution is 0.196. The summed E-state index contributed by atoms with van der Waals surface area (Å²) >= 11 is 6.30. The Hall–Kier alpha value is -1.85. The topological polar surface area (TPSA) is 41.4 Å². The summed E-state index contributed by atoms with van der Waals surface area (Å²) in [5.74, 6) is 0. The van der Waals surface area contributed by atoms with Gasteiger partial charge in [0.15, 0.2) is 0 Å². The van der Waals surface area contributed by atoms with Crippen molar-refractivity contribution < 1.29 is 4.79 Å². The van der Waals surface area contributed by atoms with Crippen LogP contribution in [0, 0.1) is 12.3 Å². The van der Waals surface area contributed by atoms with Crippen LogP contribution < -0.4 is 0 Å². The van der Waals surface area contributed by atoms with Crippen molar-refractivity contribution in [3.63, 3.8) is 0 Å². The first kappa shape index (κ1) is 16.6. The summed E-state index contributed by atoms with van der Waals surface area (Å²) in [5.41, 5.74) is 2.41. The first-order valence-corrected chi connectivity index (χ1v) is 9.19. The summed E-state index contributed by atoms with van der Waals surface area (Å²) < 4.78 is 1.46. The largest absolute Gasteiger partial charge is 0.344 e. The summed E-state index contributed by atoms with van der Waals surface area (Å²) in [6.45, 7) is 6.56. The Labute approximate surface area is 153 Å². The number of hydrogen-bond acceptors (Lipinski definition) is 3. The number of carbonyl (C=O) groups excluding carboxylic acids is 1. The van der Waals surface area contributed by atoms with E-state index in [0.717, 1.165) is 56.2 Å². The van der Waals surface area contributed by atoms with E-state index >= 15 is 0 Å². The summed E-state index contributed by atoms with van der Waals surface area (Å²) in [5, 5.41) is 4.99. The quantitative estimate of drug-likeness (QED) is 0.826. The van der Waals surface area contributed by atoms with E-state index in [1.54, 1.807) is 12.4 Å². The van der Waals surface area contributed by atoms with Crippen molar-refractivity contribution in [1.29, 1.82) is 0 Å². The number of aryl methyl sites for hydroxylation is 1. The van der Waals surface area contributed by atoms with Crippen LogP contribution in [0.25, 0.3) is 0 Å². The summed E-state index contributed by atoms with van der Waals surface area (Å²) in [6, 6.07) is 8.04. The number of halogens is 1. The van der Waals surface area contributed by atoms with Gasteiger partial charge in [-0.25, -0.2) is 4.79 Å². The molecule has 25 heavy (non-hydrogen) atoms. The van der Waals surface area contributed by atoms with E-state index in [1.807, 2.05) is 30.0 Å². The molecule has 4 rings (SSSR count). The molecule has 0 saturated carbocycles. The van der Waals surface area contributed by atoms with Gasteiger partial charge in [-0.3, -0.25) is 4.90 Å². The van der Waals surface area contributed by atoms with E-state index in [1.165, 1.54) is 10.2 Å². The van der Waals surface area contributed by atoms with E-state index in [-0.39, 0.29) is 11.4 Å². The number of rotatable bonds is 2. The maximum Gasteiger partial charge on any atom is 0.344 e. The first-order valence-electron chi connectivity index (χ1n) is 8.81. The van der Waals surface area contributed by atoms with Gasteiger partial charge in [0.1, 0.15) is 0 Å². The number of benzene rings is 1. The average molecular weight is 359 g/mol. The normalized spacial score (nSPS) is 23.7. The van der Waals surface area contributed by atoms with Gasteiger partial charge < -0.3 is 4.90 Å². The van der Waals surface area contributed by atoms with Crippen molar-refractivity contribution in [2.45, 2.75) is 26.3 Å². The van der Waals surface area contributed by atoms with Crippen molar-refractivity contribution in [2.75, 3.05) is 26.2 Å². The van der Waals surface area contributed by atoms with Crippen molar-refractivity contribution in [1.82, 2.24) is 19.6 Å². The number of nitrogens with zero attached hydrogens (tertiary/aromatic N) is 4. The maximum absolute atomic E-state index is 12.6. The predicted octanol–water partition coefficient (Wildman–Crippen LogP) is 3.41. The highest BCUT2D eigenvalue weighted by Crippen LogP contribution is 2.40. The molecule has 3 heterocycles. The highest BCUT2D eigenvalue weighted by molar-refractivity contribution is 6.31. The molecule has 2 aliphatic heterocycles. The molecule has 132 valence electrons. The minimum atomic E-state index is -0.00507. The Kier molecular flexibility index (Phi) is 4.29. The molecule has 1 unspecified atom stereocenters. The Morgan fingerprint density at radius 1 is 1.24 bits per heavy atom. The minimum Gasteiger partial charge on any atom is -0.322 e. The SMILES string of the molecule is Cc1cnn(C(=O)N2CCC3(CCN(Cc4ccccc4Cl)C3)C2)c1. The van der Waals surface area contributed by atoms with E-state index in [2.05, 4.69) is 16.1 Å². The Morgan fingerprint density at radius 3 is 2.80 bits per heavy atom. The van der Waals surface area contributed by atoms with Crippen LogP contribution in [-0.4, -0.2) is 51.8 Å². The molecule has 2 fully saturated rings. The molecule has 0 aliphatic carbocycles. The van der Waals surface area contributed by atoms with Crippen LogP contribution in [0.15, 0.2) is 36.7 Å². The zero-order chi connectivity index (χ0) is 17.4. The molecule has 1 aromatic carbocycles. The molecule has 5 nitrogen and oxygen atoms in total. The Morgan fingerprint density at radius 2 is 2.04 bits per heavy atom. The zero-order valence-corrected chi connectivity index (χ0v) is 15.2. The Balaban J connectivity index is 1.40.